The molecule has 30 heavy (non-hydrogen) atoms. The van der Waals surface area contributed by atoms with Gasteiger partial charge >= 0.3 is 0 Å². The Bertz CT molecular complexity index is 1100. The fourth-order valence-corrected chi connectivity index (χ4v) is 5.03. The van der Waals surface area contributed by atoms with Crippen LogP contribution in [0.4, 0.5) is 0 Å². The average Bonchev–Trinajstić information content (AvgIpc) is 3.40. The van der Waals surface area contributed by atoms with Gasteiger partial charge in [0, 0.05) is 69.0 Å². The smallest absolute Gasteiger partial charge is 0.269 e. The van der Waals surface area contributed by atoms with Crippen molar-refractivity contribution in [2.45, 2.75) is 24.9 Å². The number of rotatable bonds is 5. The van der Waals surface area contributed by atoms with Crippen molar-refractivity contribution in [1.82, 2.24) is 34.8 Å². The van der Waals surface area contributed by atoms with E-state index in [1.54, 1.807) is 36.3 Å². The van der Waals surface area contributed by atoms with Crippen LogP contribution in [0.15, 0.2) is 47.5 Å². The quantitative estimate of drug-likeness (QED) is 0.654. The van der Waals surface area contributed by atoms with Crippen LogP contribution < -0.4 is 10.9 Å². The van der Waals surface area contributed by atoms with Gasteiger partial charge in [-0.05, 0) is 30.5 Å². The lowest BCUT2D eigenvalue weighted by Crippen LogP contribution is -2.51. The molecule has 0 saturated carbocycles. The lowest BCUT2D eigenvalue weighted by molar-refractivity contribution is 0.0781. The number of fused-ring (bicyclic) bond motifs is 4. The third-order valence-corrected chi connectivity index (χ3v) is 6.35. The van der Waals surface area contributed by atoms with Crippen LogP contribution in [0.25, 0.3) is 0 Å². The summed E-state index contributed by atoms with van der Waals surface area (Å²) in [5, 5.41) is 14.2. The Morgan fingerprint density at radius 3 is 2.90 bits per heavy atom. The molecule has 0 unspecified atom stereocenters. The van der Waals surface area contributed by atoms with Crippen molar-refractivity contribution in [2.24, 2.45) is 13.0 Å². The molecule has 5 heterocycles. The van der Waals surface area contributed by atoms with Gasteiger partial charge in [-0.3, -0.25) is 24.3 Å². The largest absolute Gasteiger partial charge is 0.349 e. The molecule has 2 aliphatic rings. The third-order valence-electron chi connectivity index (χ3n) is 6.35. The molecular formula is C21H25N7O2. The van der Waals surface area contributed by atoms with E-state index in [4.69, 9.17) is 0 Å². The number of hydrogen-bond donors (Lipinski definition) is 2. The van der Waals surface area contributed by atoms with Crippen molar-refractivity contribution < 1.29 is 4.79 Å². The minimum absolute atomic E-state index is 0.00370. The van der Waals surface area contributed by atoms with Crippen molar-refractivity contribution in [2.75, 3.05) is 19.6 Å². The van der Waals surface area contributed by atoms with Gasteiger partial charge in [-0.2, -0.15) is 10.2 Å². The molecule has 2 bridgehead atoms. The summed E-state index contributed by atoms with van der Waals surface area (Å²) in [6.45, 7) is 3.00. The van der Waals surface area contributed by atoms with Gasteiger partial charge in [0.25, 0.3) is 11.5 Å². The Morgan fingerprint density at radius 2 is 2.13 bits per heavy atom. The van der Waals surface area contributed by atoms with Crippen LogP contribution in [0.1, 0.15) is 40.3 Å². The van der Waals surface area contributed by atoms with Gasteiger partial charge in [0.2, 0.25) is 0 Å². The van der Waals surface area contributed by atoms with E-state index in [0.29, 0.717) is 18.2 Å². The van der Waals surface area contributed by atoms with Gasteiger partial charge in [-0.1, -0.05) is 6.07 Å². The van der Waals surface area contributed by atoms with Gasteiger partial charge in [0.05, 0.1) is 6.04 Å². The maximum Gasteiger partial charge on any atom is 0.269 e. The van der Waals surface area contributed by atoms with Crippen molar-refractivity contribution in [3.05, 3.63) is 70.2 Å². The summed E-state index contributed by atoms with van der Waals surface area (Å²) in [5.74, 6) is 0.420. The number of aromatic amines is 1. The van der Waals surface area contributed by atoms with Gasteiger partial charge in [-0.15, -0.1) is 0 Å². The van der Waals surface area contributed by atoms with Crippen LogP contribution in [-0.2, 0) is 13.6 Å². The summed E-state index contributed by atoms with van der Waals surface area (Å²) in [6, 6.07) is 9.12. The lowest BCUT2D eigenvalue weighted by atomic mass is 9.78. The second-order valence-electron chi connectivity index (χ2n) is 8.24. The SMILES string of the molecule is Cn1nccc1C(=O)NC[C@H]1[C@H]2C[C@H](CN(Cc3ccn[nH]3)C2)c2cccc(=O)n21. The number of aromatic nitrogens is 5. The summed E-state index contributed by atoms with van der Waals surface area (Å²) < 4.78 is 3.47. The highest BCUT2D eigenvalue weighted by molar-refractivity contribution is 5.92. The molecule has 3 aromatic heterocycles. The number of amides is 1. The van der Waals surface area contributed by atoms with E-state index in [2.05, 4.69) is 31.6 Å². The van der Waals surface area contributed by atoms with Gasteiger partial charge in [0.1, 0.15) is 5.69 Å². The molecule has 3 aromatic rings. The fraction of sp³-hybridized carbons (Fsp3) is 0.429. The van der Waals surface area contributed by atoms with E-state index in [0.717, 1.165) is 37.4 Å². The zero-order valence-electron chi connectivity index (χ0n) is 16.9. The number of piperidine rings is 1. The predicted octanol–water partition coefficient (Wildman–Crippen LogP) is 0.895. The minimum atomic E-state index is -0.173. The number of carbonyl (C=O) groups is 1. The second-order valence-corrected chi connectivity index (χ2v) is 8.24. The normalized spacial score (nSPS) is 23.2. The molecule has 0 aliphatic carbocycles. The fourth-order valence-electron chi connectivity index (χ4n) is 5.03. The Morgan fingerprint density at radius 1 is 1.23 bits per heavy atom. The van der Waals surface area contributed by atoms with Crippen LogP contribution in [-0.4, -0.2) is 55.0 Å². The van der Waals surface area contributed by atoms with E-state index >= 15 is 0 Å². The molecule has 1 fully saturated rings. The zero-order chi connectivity index (χ0) is 20.7. The summed E-state index contributed by atoms with van der Waals surface area (Å²) in [4.78, 5) is 27.8. The molecule has 1 amide bonds. The zero-order valence-corrected chi connectivity index (χ0v) is 16.9. The highest BCUT2D eigenvalue weighted by Crippen LogP contribution is 2.41. The number of H-pyrrole nitrogens is 1. The second kappa shape index (κ2) is 7.56. The highest BCUT2D eigenvalue weighted by atomic mass is 16.2. The Labute approximate surface area is 173 Å². The molecule has 9 nitrogen and oxygen atoms in total. The van der Waals surface area contributed by atoms with E-state index in [9.17, 15) is 9.59 Å². The number of nitrogens with one attached hydrogen (secondary N) is 2. The molecular weight excluding hydrogens is 382 g/mol. The highest BCUT2D eigenvalue weighted by Gasteiger charge is 2.40. The summed E-state index contributed by atoms with van der Waals surface area (Å²) in [6.07, 6.45) is 4.40. The van der Waals surface area contributed by atoms with E-state index < -0.39 is 0 Å². The van der Waals surface area contributed by atoms with Gasteiger partial charge < -0.3 is 9.88 Å². The summed E-state index contributed by atoms with van der Waals surface area (Å²) in [7, 11) is 1.74. The number of aryl methyl sites for hydroxylation is 1. The first-order chi connectivity index (χ1) is 14.6. The predicted molar refractivity (Wildman–Crippen MR) is 110 cm³/mol. The Kier molecular flexibility index (Phi) is 4.74. The first kappa shape index (κ1) is 18.8. The van der Waals surface area contributed by atoms with Crippen LogP contribution >= 0.6 is 0 Å². The number of pyridine rings is 1. The van der Waals surface area contributed by atoms with Crippen molar-refractivity contribution >= 4 is 5.91 Å². The monoisotopic (exact) mass is 407 g/mol. The topological polar surface area (TPSA) is 101 Å². The molecule has 2 aliphatic heterocycles. The van der Waals surface area contributed by atoms with E-state index in [-0.39, 0.29) is 23.4 Å². The first-order valence-corrected chi connectivity index (χ1v) is 10.3. The molecule has 0 spiro atoms. The van der Waals surface area contributed by atoms with Crippen LogP contribution in [0.5, 0.6) is 0 Å². The molecule has 5 rings (SSSR count). The Balaban J connectivity index is 1.41. The number of nitrogens with zero attached hydrogens (tertiary/aromatic N) is 5. The van der Waals surface area contributed by atoms with E-state index in [1.807, 2.05) is 16.7 Å². The number of carbonyl (C=O) groups excluding carboxylic acids is 1. The minimum Gasteiger partial charge on any atom is -0.349 e. The van der Waals surface area contributed by atoms with Crippen LogP contribution in [0.3, 0.4) is 0 Å². The number of likely N-dealkylation sites (tertiary alicyclic amines) is 1. The van der Waals surface area contributed by atoms with Crippen molar-refractivity contribution in [3.8, 4) is 0 Å². The van der Waals surface area contributed by atoms with Crippen molar-refractivity contribution in [3.63, 3.8) is 0 Å². The van der Waals surface area contributed by atoms with Crippen molar-refractivity contribution in [1.29, 1.82) is 0 Å². The summed E-state index contributed by atoms with van der Waals surface area (Å²) >= 11 is 0. The molecule has 2 N–H and O–H groups in total. The van der Waals surface area contributed by atoms with Crippen LogP contribution in [0, 0.1) is 5.92 Å². The maximum atomic E-state index is 12.8. The first-order valence-electron chi connectivity index (χ1n) is 10.3. The molecule has 156 valence electrons. The standard InChI is InChI=1S/C21H25N7O2/c1-26-18(6-8-24-26)21(30)22-10-19-15-9-14(17-3-2-4-20(29)28(17)19)11-27(12-15)13-16-5-7-23-25-16/h2-8,14-15,19H,9-13H2,1H3,(H,22,30)(H,23,25)/t14-,15+,19+/m1/s1. The molecule has 0 radical (unpaired) electrons. The van der Waals surface area contributed by atoms with Gasteiger partial charge in [-0.25, -0.2) is 0 Å². The van der Waals surface area contributed by atoms with E-state index in [1.165, 1.54) is 0 Å². The number of hydrogen-bond acceptors (Lipinski definition) is 5. The summed E-state index contributed by atoms with van der Waals surface area (Å²) in [5.41, 5.74) is 2.66. The maximum absolute atomic E-state index is 12.8. The Hall–Kier alpha value is -3.20. The van der Waals surface area contributed by atoms with Gasteiger partial charge in [0.15, 0.2) is 0 Å². The lowest BCUT2D eigenvalue weighted by Gasteiger charge is -2.47. The van der Waals surface area contributed by atoms with Crippen LogP contribution in [0.2, 0.25) is 0 Å². The molecule has 9 heteroatoms. The molecule has 1 saturated heterocycles. The third kappa shape index (κ3) is 3.35. The molecule has 0 aromatic carbocycles. The molecule has 3 atom stereocenters. The average molecular weight is 407 g/mol.